The molecule has 0 amide bonds. The Morgan fingerprint density at radius 1 is 1.43 bits per heavy atom. The fraction of sp³-hybridized carbons (Fsp3) is 0.125. The molecule has 0 aromatic heterocycles. The molecule has 0 bridgehead atoms. The van der Waals surface area contributed by atoms with E-state index in [9.17, 15) is 4.79 Å². The second kappa shape index (κ2) is 4.88. The van der Waals surface area contributed by atoms with Gasteiger partial charge in [0.2, 0.25) is 0 Å². The van der Waals surface area contributed by atoms with Gasteiger partial charge in [-0.3, -0.25) is 4.79 Å². The SMILES string of the molecule is COc1cc(C(=O)Cl)c(Cl)c(I)c1Cl. The van der Waals surface area contributed by atoms with Crippen molar-refractivity contribution < 1.29 is 9.53 Å². The van der Waals surface area contributed by atoms with Crippen molar-refractivity contribution in [2.75, 3.05) is 7.11 Å². The van der Waals surface area contributed by atoms with Crippen LogP contribution in [0.15, 0.2) is 6.07 Å². The van der Waals surface area contributed by atoms with Crippen molar-refractivity contribution in [1.82, 2.24) is 0 Å². The Balaban J connectivity index is 3.48. The molecule has 0 fully saturated rings. The largest absolute Gasteiger partial charge is 0.495 e. The van der Waals surface area contributed by atoms with E-state index in [1.807, 2.05) is 22.6 Å². The number of halogens is 4. The summed E-state index contributed by atoms with van der Waals surface area (Å²) in [6, 6.07) is 1.42. The van der Waals surface area contributed by atoms with Gasteiger partial charge < -0.3 is 4.74 Å². The molecule has 0 saturated heterocycles. The highest BCUT2D eigenvalue weighted by molar-refractivity contribution is 14.1. The summed E-state index contributed by atoms with van der Waals surface area (Å²) >= 11 is 19.0. The van der Waals surface area contributed by atoms with E-state index in [-0.39, 0.29) is 10.6 Å². The normalized spacial score (nSPS) is 10.1. The standard InChI is InChI=1S/C8H4Cl3IO2/c1-14-4-2-3(8(11)13)5(9)7(12)6(4)10/h2H,1H3. The molecule has 0 spiro atoms. The van der Waals surface area contributed by atoms with Gasteiger partial charge in [-0.2, -0.15) is 0 Å². The van der Waals surface area contributed by atoms with E-state index in [2.05, 4.69) is 0 Å². The zero-order valence-electron chi connectivity index (χ0n) is 6.91. The van der Waals surface area contributed by atoms with Gasteiger partial charge in [0.15, 0.2) is 0 Å². The minimum Gasteiger partial charge on any atom is -0.495 e. The molecule has 0 radical (unpaired) electrons. The summed E-state index contributed by atoms with van der Waals surface area (Å²) in [5, 5.41) is -0.0148. The first-order valence-corrected chi connectivity index (χ1v) is 5.61. The molecule has 0 aliphatic carbocycles. The van der Waals surface area contributed by atoms with E-state index in [0.717, 1.165) is 0 Å². The Bertz CT molecular complexity index is 393. The summed E-state index contributed by atoms with van der Waals surface area (Å²) < 4.78 is 5.52. The van der Waals surface area contributed by atoms with Crippen molar-refractivity contribution >= 4 is 62.6 Å². The molecular formula is C8H4Cl3IO2. The predicted octanol–water partition coefficient (Wildman–Crippen LogP) is 3.99. The van der Waals surface area contributed by atoms with Crippen LogP contribution in [0.2, 0.25) is 10.0 Å². The molecule has 0 heterocycles. The first-order valence-electron chi connectivity index (χ1n) is 3.40. The maximum Gasteiger partial charge on any atom is 0.254 e. The monoisotopic (exact) mass is 364 g/mol. The van der Waals surface area contributed by atoms with Gasteiger partial charge in [-0.1, -0.05) is 23.2 Å². The first kappa shape index (κ1) is 12.4. The molecule has 0 aliphatic heterocycles. The van der Waals surface area contributed by atoms with Crippen LogP contribution < -0.4 is 4.74 Å². The third-order valence-corrected chi connectivity index (χ3v) is 4.23. The summed E-state index contributed by atoms with van der Waals surface area (Å²) in [5.74, 6) is 0.379. The third kappa shape index (κ3) is 2.27. The molecule has 1 aromatic rings. The average molecular weight is 365 g/mol. The van der Waals surface area contributed by atoms with Gasteiger partial charge in [-0.05, 0) is 40.3 Å². The first-order chi connectivity index (χ1) is 6.49. The fourth-order valence-corrected chi connectivity index (χ4v) is 2.14. The highest BCUT2D eigenvalue weighted by Gasteiger charge is 2.17. The van der Waals surface area contributed by atoms with Crippen molar-refractivity contribution in [1.29, 1.82) is 0 Å². The fourth-order valence-electron chi connectivity index (χ4n) is 0.872. The molecule has 0 N–H and O–H groups in total. The maximum absolute atomic E-state index is 11.0. The number of carbonyl (C=O) groups excluding carboxylic acids is 1. The summed E-state index contributed by atoms with van der Waals surface area (Å²) in [5.41, 5.74) is 0.194. The van der Waals surface area contributed by atoms with Crippen molar-refractivity contribution in [3.05, 3.63) is 25.2 Å². The molecule has 0 atom stereocenters. The van der Waals surface area contributed by atoms with Gasteiger partial charge >= 0.3 is 0 Å². The minimum absolute atomic E-state index is 0.194. The number of benzene rings is 1. The average Bonchev–Trinajstić information content (AvgIpc) is 2.14. The number of hydrogen-bond acceptors (Lipinski definition) is 2. The summed E-state index contributed by atoms with van der Waals surface area (Å²) in [6.45, 7) is 0. The lowest BCUT2D eigenvalue weighted by atomic mass is 10.2. The minimum atomic E-state index is -0.636. The Hall–Kier alpha value is 0.290. The number of carbonyl (C=O) groups is 1. The zero-order chi connectivity index (χ0) is 10.9. The molecule has 0 saturated carbocycles. The number of ether oxygens (including phenoxy) is 1. The third-order valence-electron chi connectivity index (χ3n) is 1.55. The van der Waals surface area contributed by atoms with Crippen LogP contribution in [0.1, 0.15) is 10.4 Å². The molecule has 14 heavy (non-hydrogen) atoms. The molecule has 1 aromatic carbocycles. The van der Waals surface area contributed by atoms with E-state index < -0.39 is 5.24 Å². The van der Waals surface area contributed by atoms with Crippen LogP contribution in [0.25, 0.3) is 0 Å². The zero-order valence-corrected chi connectivity index (χ0v) is 11.3. The lowest BCUT2D eigenvalue weighted by Gasteiger charge is -2.08. The van der Waals surface area contributed by atoms with Crippen LogP contribution in [0.4, 0.5) is 0 Å². The number of rotatable bonds is 2. The van der Waals surface area contributed by atoms with Gasteiger partial charge in [0.25, 0.3) is 5.24 Å². The van der Waals surface area contributed by atoms with Crippen molar-refractivity contribution in [2.24, 2.45) is 0 Å². The van der Waals surface area contributed by atoms with Gasteiger partial charge in [0.1, 0.15) is 5.75 Å². The molecule has 1 rings (SSSR count). The molecular weight excluding hydrogens is 361 g/mol. The summed E-state index contributed by atoms with van der Waals surface area (Å²) in [6.07, 6.45) is 0. The van der Waals surface area contributed by atoms with E-state index in [0.29, 0.717) is 14.3 Å². The Labute approximate surface area is 110 Å². The topological polar surface area (TPSA) is 26.3 Å². The Kier molecular flexibility index (Phi) is 4.30. The van der Waals surface area contributed by atoms with E-state index in [1.165, 1.54) is 13.2 Å². The van der Waals surface area contributed by atoms with Gasteiger partial charge in [-0.15, -0.1) is 0 Å². The van der Waals surface area contributed by atoms with Crippen molar-refractivity contribution in [3.8, 4) is 5.75 Å². The Morgan fingerprint density at radius 3 is 2.43 bits per heavy atom. The lowest BCUT2D eigenvalue weighted by Crippen LogP contribution is -1.96. The second-order valence-corrected chi connectivity index (χ2v) is 4.52. The quantitative estimate of drug-likeness (QED) is 0.450. The summed E-state index contributed by atoms with van der Waals surface area (Å²) in [7, 11) is 1.45. The highest BCUT2D eigenvalue weighted by atomic mass is 127. The van der Waals surface area contributed by atoms with Crippen molar-refractivity contribution in [2.45, 2.75) is 0 Å². The molecule has 76 valence electrons. The molecule has 2 nitrogen and oxygen atoms in total. The van der Waals surface area contributed by atoms with Crippen molar-refractivity contribution in [3.63, 3.8) is 0 Å². The number of methoxy groups -OCH3 is 1. The van der Waals surface area contributed by atoms with Crippen LogP contribution in [0.3, 0.4) is 0 Å². The smallest absolute Gasteiger partial charge is 0.254 e. The highest BCUT2D eigenvalue weighted by Crippen LogP contribution is 2.37. The maximum atomic E-state index is 11.0. The predicted molar refractivity (Wildman–Crippen MR) is 65.9 cm³/mol. The van der Waals surface area contributed by atoms with Crippen LogP contribution in [-0.4, -0.2) is 12.4 Å². The molecule has 0 aliphatic rings. The van der Waals surface area contributed by atoms with Gasteiger partial charge in [-0.25, -0.2) is 0 Å². The van der Waals surface area contributed by atoms with Crippen LogP contribution in [0.5, 0.6) is 5.75 Å². The number of hydrogen-bond donors (Lipinski definition) is 0. The lowest BCUT2D eigenvalue weighted by molar-refractivity contribution is 0.108. The summed E-state index contributed by atoms with van der Waals surface area (Å²) in [4.78, 5) is 11.0. The molecule has 0 unspecified atom stereocenters. The van der Waals surface area contributed by atoms with E-state index in [1.54, 1.807) is 0 Å². The van der Waals surface area contributed by atoms with E-state index in [4.69, 9.17) is 39.5 Å². The Morgan fingerprint density at radius 2 is 2.00 bits per heavy atom. The molecule has 6 heteroatoms. The van der Waals surface area contributed by atoms with Gasteiger partial charge in [0.05, 0.1) is 26.3 Å². The van der Waals surface area contributed by atoms with E-state index >= 15 is 0 Å². The van der Waals surface area contributed by atoms with Crippen LogP contribution >= 0.6 is 57.4 Å². The van der Waals surface area contributed by atoms with Gasteiger partial charge in [0, 0.05) is 0 Å². The van der Waals surface area contributed by atoms with Crippen LogP contribution in [0, 0.1) is 3.57 Å². The second-order valence-electron chi connectivity index (χ2n) is 2.34. The van der Waals surface area contributed by atoms with Crippen LogP contribution in [-0.2, 0) is 0 Å².